The summed E-state index contributed by atoms with van der Waals surface area (Å²) in [7, 11) is 0. The standard InChI is InChI=1S/C12H10Br2/c1-7-3-4-8(2)10-6-12(14)11(13)5-9(7)10/h3-6H,1-2H3. The number of rotatable bonds is 0. The van der Waals surface area contributed by atoms with Gasteiger partial charge in [-0.15, -0.1) is 0 Å². The molecule has 0 heterocycles. The summed E-state index contributed by atoms with van der Waals surface area (Å²) in [4.78, 5) is 0. The molecule has 0 N–H and O–H groups in total. The maximum absolute atomic E-state index is 3.53. The van der Waals surface area contributed by atoms with Crippen LogP contribution in [0.3, 0.4) is 0 Å². The molecular weight excluding hydrogens is 304 g/mol. The van der Waals surface area contributed by atoms with Gasteiger partial charge in [0.1, 0.15) is 0 Å². The molecule has 0 fully saturated rings. The van der Waals surface area contributed by atoms with Gasteiger partial charge in [0.25, 0.3) is 0 Å². The van der Waals surface area contributed by atoms with Crippen molar-refractivity contribution in [2.45, 2.75) is 13.8 Å². The third-order valence-corrected chi connectivity index (χ3v) is 4.34. The van der Waals surface area contributed by atoms with Crippen LogP contribution in [0.25, 0.3) is 10.8 Å². The Balaban J connectivity index is 2.94. The summed E-state index contributed by atoms with van der Waals surface area (Å²) in [6.45, 7) is 4.28. The molecule has 0 nitrogen and oxygen atoms in total. The zero-order valence-electron chi connectivity index (χ0n) is 8.07. The normalized spacial score (nSPS) is 10.9. The molecule has 0 saturated heterocycles. The van der Waals surface area contributed by atoms with Crippen LogP contribution in [0.15, 0.2) is 33.2 Å². The summed E-state index contributed by atoms with van der Waals surface area (Å²) in [6.07, 6.45) is 0. The van der Waals surface area contributed by atoms with E-state index in [9.17, 15) is 0 Å². The van der Waals surface area contributed by atoms with Gasteiger partial charge in [0.15, 0.2) is 0 Å². The third-order valence-electron chi connectivity index (χ3n) is 2.49. The van der Waals surface area contributed by atoms with Gasteiger partial charge in [0.05, 0.1) is 0 Å². The summed E-state index contributed by atoms with van der Waals surface area (Å²) in [5.41, 5.74) is 2.64. The molecule has 0 aliphatic rings. The first-order chi connectivity index (χ1) is 6.59. The number of hydrogen-bond acceptors (Lipinski definition) is 0. The van der Waals surface area contributed by atoms with Gasteiger partial charge >= 0.3 is 0 Å². The van der Waals surface area contributed by atoms with Crippen molar-refractivity contribution in [1.29, 1.82) is 0 Å². The summed E-state index contributed by atoms with van der Waals surface area (Å²) in [6, 6.07) is 8.67. The minimum atomic E-state index is 1.11. The summed E-state index contributed by atoms with van der Waals surface area (Å²) >= 11 is 7.06. The highest BCUT2D eigenvalue weighted by Crippen LogP contribution is 2.31. The van der Waals surface area contributed by atoms with Gasteiger partial charge in [-0.2, -0.15) is 0 Å². The molecule has 0 aliphatic carbocycles. The number of fused-ring (bicyclic) bond motifs is 1. The molecule has 72 valence electrons. The molecule has 2 aromatic rings. The van der Waals surface area contributed by atoms with Gasteiger partial charge < -0.3 is 0 Å². The SMILES string of the molecule is Cc1ccc(C)c2cc(Br)c(Br)cc12. The molecule has 0 amide bonds. The predicted octanol–water partition coefficient (Wildman–Crippen LogP) is 4.98. The molecular formula is C12H10Br2. The predicted molar refractivity (Wildman–Crippen MR) is 68.8 cm³/mol. The fraction of sp³-hybridized carbons (Fsp3) is 0.167. The summed E-state index contributed by atoms with van der Waals surface area (Å²) < 4.78 is 2.22. The van der Waals surface area contributed by atoms with Gasteiger partial charge in [-0.25, -0.2) is 0 Å². The van der Waals surface area contributed by atoms with Gasteiger partial charge in [-0.05, 0) is 79.7 Å². The second-order valence-electron chi connectivity index (χ2n) is 3.51. The minimum absolute atomic E-state index is 1.11. The lowest BCUT2D eigenvalue weighted by molar-refractivity contribution is 1.45. The van der Waals surface area contributed by atoms with E-state index in [0.717, 1.165) is 8.95 Å². The van der Waals surface area contributed by atoms with Crippen molar-refractivity contribution in [1.82, 2.24) is 0 Å². The average molecular weight is 314 g/mol. The molecule has 0 radical (unpaired) electrons. The van der Waals surface area contributed by atoms with E-state index in [4.69, 9.17) is 0 Å². The zero-order valence-corrected chi connectivity index (χ0v) is 11.2. The van der Waals surface area contributed by atoms with Gasteiger partial charge in [0.2, 0.25) is 0 Å². The Labute approximate surface area is 101 Å². The highest BCUT2D eigenvalue weighted by molar-refractivity contribution is 9.13. The molecule has 0 bridgehead atoms. The molecule has 0 unspecified atom stereocenters. The van der Waals surface area contributed by atoms with Crippen LogP contribution in [0.5, 0.6) is 0 Å². The fourth-order valence-electron chi connectivity index (χ4n) is 1.63. The number of aryl methyl sites for hydroxylation is 2. The van der Waals surface area contributed by atoms with Crippen LogP contribution in [-0.2, 0) is 0 Å². The third kappa shape index (κ3) is 1.61. The largest absolute Gasteiger partial charge is 0.0584 e. The molecule has 0 aliphatic heterocycles. The van der Waals surface area contributed by atoms with Crippen LogP contribution < -0.4 is 0 Å². The second-order valence-corrected chi connectivity index (χ2v) is 5.22. The van der Waals surface area contributed by atoms with Gasteiger partial charge in [0, 0.05) is 8.95 Å². The maximum Gasteiger partial charge on any atom is 0.0323 e. The molecule has 2 rings (SSSR count). The van der Waals surface area contributed by atoms with Gasteiger partial charge in [-0.3, -0.25) is 0 Å². The summed E-state index contributed by atoms with van der Waals surface area (Å²) in [5, 5.41) is 2.64. The highest BCUT2D eigenvalue weighted by atomic mass is 79.9. The van der Waals surface area contributed by atoms with Crippen LogP contribution >= 0.6 is 31.9 Å². The van der Waals surface area contributed by atoms with Crippen LogP contribution in [0.4, 0.5) is 0 Å². The monoisotopic (exact) mass is 312 g/mol. The Morgan fingerprint density at radius 2 is 1.14 bits per heavy atom. The quantitative estimate of drug-likeness (QED) is 0.643. The average Bonchev–Trinajstić information content (AvgIpc) is 2.15. The molecule has 2 heteroatoms. The molecule has 14 heavy (non-hydrogen) atoms. The Bertz CT molecular complexity index is 455. The van der Waals surface area contributed by atoms with Crippen LogP contribution in [0.1, 0.15) is 11.1 Å². The topological polar surface area (TPSA) is 0 Å². The fourth-order valence-corrected chi connectivity index (χ4v) is 2.32. The molecule has 0 atom stereocenters. The van der Waals surface area contributed by atoms with E-state index in [0.29, 0.717) is 0 Å². The van der Waals surface area contributed by atoms with E-state index in [2.05, 4.69) is 70.0 Å². The molecule has 2 aromatic carbocycles. The first-order valence-corrected chi connectivity index (χ1v) is 6.03. The Morgan fingerprint density at radius 1 is 0.786 bits per heavy atom. The lowest BCUT2D eigenvalue weighted by Gasteiger charge is -2.07. The first kappa shape index (κ1) is 10.2. The van der Waals surface area contributed by atoms with Crippen LogP contribution in [-0.4, -0.2) is 0 Å². The van der Waals surface area contributed by atoms with E-state index >= 15 is 0 Å². The van der Waals surface area contributed by atoms with E-state index in [1.165, 1.54) is 21.9 Å². The lowest BCUT2D eigenvalue weighted by atomic mass is 10.0. The Kier molecular flexibility index (Phi) is 2.67. The van der Waals surface area contributed by atoms with Crippen molar-refractivity contribution in [2.24, 2.45) is 0 Å². The van der Waals surface area contributed by atoms with Crippen molar-refractivity contribution in [3.63, 3.8) is 0 Å². The summed E-state index contributed by atoms with van der Waals surface area (Å²) in [5.74, 6) is 0. The van der Waals surface area contributed by atoms with Crippen LogP contribution in [0, 0.1) is 13.8 Å². The minimum Gasteiger partial charge on any atom is -0.0584 e. The second kappa shape index (κ2) is 3.67. The maximum atomic E-state index is 3.53. The van der Waals surface area contributed by atoms with Crippen molar-refractivity contribution in [3.8, 4) is 0 Å². The molecule has 0 saturated carbocycles. The van der Waals surface area contributed by atoms with E-state index in [1.54, 1.807) is 0 Å². The van der Waals surface area contributed by atoms with Crippen molar-refractivity contribution in [2.75, 3.05) is 0 Å². The Hall–Kier alpha value is -0.340. The van der Waals surface area contributed by atoms with Crippen molar-refractivity contribution in [3.05, 3.63) is 44.3 Å². The highest BCUT2D eigenvalue weighted by Gasteiger charge is 2.04. The molecule has 0 spiro atoms. The smallest absolute Gasteiger partial charge is 0.0323 e. The van der Waals surface area contributed by atoms with Crippen molar-refractivity contribution >= 4 is 42.6 Å². The lowest BCUT2D eigenvalue weighted by Crippen LogP contribution is -1.83. The van der Waals surface area contributed by atoms with Crippen molar-refractivity contribution < 1.29 is 0 Å². The number of benzene rings is 2. The first-order valence-electron chi connectivity index (χ1n) is 4.44. The van der Waals surface area contributed by atoms with Crippen LogP contribution in [0.2, 0.25) is 0 Å². The van der Waals surface area contributed by atoms with Gasteiger partial charge in [-0.1, -0.05) is 12.1 Å². The van der Waals surface area contributed by atoms with E-state index in [1.807, 2.05) is 0 Å². The number of hydrogen-bond donors (Lipinski definition) is 0. The van der Waals surface area contributed by atoms with E-state index < -0.39 is 0 Å². The zero-order chi connectivity index (χ0) is 10.3. The van der Waals surface area contributed by atoms with E-state index in [-0.39, 0.29) is 0 Å². The Morgan fingerprint density at radius 3 is 1.50 bits per heavy atom. The number of halogens is 2. The molecule has 0 aromatic heterocycles.